The normalized spacial score (nSPS) is 12.4. The number of benzene rings is 1. The Labute approximate surface area is 106 Å². The van der Waals surface area contributed by atoms with Gasteiger partial charge in [-0.15, -0.1) is 0 Å². The van der Waals surface area contributed by atoms with Gasteiger partial charge in [-0.25, -0.2) is 4.98 Å². The first-order chi connectivity index (χ1) is 8.70. The van der Waals surface area contributed by atoms with E-state index in [1.807, 2.05) is 31.2 Å². The number of anilines is 2. The number of aliphatic hydroxyl groups is 1. The van der Waals surface area contributed by atoms with Crippen LogP contribution in [-0.2, 0) is 0 Å². The molecule has 0 saturated heterocycles. The third-order valence-corrected chi connectivity index (χ3v) is 2.50. The first-order valence-electron chi connectivity index (χ1n) is 6.13. The molecule has 2 rings (SSSR count). The van der Waals surface area contributed by atoms with Gasteiger partial charge in [0.25, 0.3) is 0 Å². The largest absolute Gasteiger partial charge is 0.392 e. The molecule has 0 aliphatic carbocycles. The molecule has 96 valence electrons. The van der Waals surface area contributed by atoms with Gasteiger partial charge in [0, 0.05) is 18.5 Å². The molecule has 3 N–H and O–H groups in total. The summed E-state index contributed by atoms with van der Waals surface area (Å²) in [5.74, 6) is 1.35. The lowest BCUT2D eigenvalue weighted by molar-refractivity contribution is 0.208. The Morgan fingerprint density at radius 1 is 1.22 bits per heavy atom. The average Bonchev–Trinajstić information content (AvgIpc) is 2.36. The molecule has 0 spiro atoms. The van der Waals surface area contributed by atoms with Crippen LogP contribution in [0.2, 0.25) is 0 Å². The number of aliphatic hydroxyl groups excluding tert-OH is 1. The fourth-order valence-electron chi connectivity index (χ4n) is 1.69. The van der Waals surface area contributed by atoms with Crippen molar-refractivity contribution < 1.29 is 5.11 Å². The summed E-state index contributed by atoms with van der Waals surface area (Å²) in [5, 5.41) is 16.5. The fraction of sp³-hybridized carbons (Fsp3) is 0.385. The Morgan fingerprint density at radius 3 is 2.72 bits per heavy atom. The molecule has 0 amide bonds. The molecule has 0 aliphatic rings. The van der Waals surface area contributed by atoms with Gasteiger partial charge in [0.1, 0.15) is 5.82 Å². The smallest absolute Gasteiger partial charge is 0.225 e. The van der Waals surface area contributed by atoms with Crippen LogP contribution >= 0.6 is 0 Å². The zero-order valence-electron chi connectivity index (χ0n) is 10.6. The summed E-state index contributed by atoms with van der Waals surface area (Å²) in [6.45, 7) is 4.98. The summed E-state index contributed by atoms with van der Waals surface area (Å²) >= 11 is 0. The van der Waals surface area contributed by atoms with E-state index in [2.05, 4.69) is 20.6 Å². The highest BCUT2D eigenvalue weighted by Gasteiger charge is 2.07. The number of fused-ring (bicyclic) bond motifs is 1. The highest BCUT2D eigenvalue weighted by atomic mass is 16.3. The van der Waals surface area contributed by atoms with E-state index in [0.29, 0.717) is 12.5 Å². The van der Waals surface area contributed by atoms with Gasteiger partial charge in [0.2, 0.25) is 5.95 Å². The third kappa shape index (κ3) is 2.87. The lowest BCUT2D eigenvalue weighted by Gasteiger charge is -2.12. The standard InChI is InChI=1S/C13H18N4O/c1-3-14-13-16-11-7-5-4-6-10(11)12(17-13)15-8-9(2)18/h4-7,9,18H,3,8H2,1-2H3,(H2,14,15,16,17). The summed E-state index contributed by atoms with van der Waals surface area (Å²) in [6, 6.07) is 7.82. The van der Waals surface area contributed by atoms with E-state index >= 15 is 0 Å². The Balaban J connectivity index is 2.40. The van der Waals surface area contributed by atoms with Crippen LogP contribution in [0.5, 0.6) is 0 Å². The number of hydrogen-bond acceptors (Lipinski definition) is 5. The van der Waals surface area contributed by atoms with E-state index in [-0.39, 0.29) is 0 Å². The van der Waals surface area contributed by atoms with Crippen molar-refractivity contribution in [2.45, 2.75) is 20.0 Å². The van der Waals surface area contributed by atoms with E-state index in [9.17, 15) is 5.11 Å². The number of rotatable bonds is 5. The van der Waals surface area contributed by atoms with E-state index in [0.717, 1.165) is 23.3 Å². The minimum atomic E-state index is -0.415. The van der Waals surface area contributed by atoms with Crippen molar-refractivity contribution in [2.75, 3.05) is 23.7 Å². The van der Waals surface area contributed by atoms with Crippen LogP contribution in [0.25, 0.3) is 10.9 Å². The van der Waals surface area contributed by atoms with Crippen molar-refractivity contribution in [1.29, 1.82) is 0 Å². The molecular weight excluding hydrogens is 228 g/mol. The number of aromatic nitrogens is 2. The first-order valence-corrected chi connectivity index (χ1v) is 6.13. The monoisotopic (exact) mass is 246 g/mol. The minimum Gasteiger partial charge on any atom is -0.392 e. The van der Waals surface area contributed by atoms with Gasteiger partial charge in [0.05, 0.1) is 11.6 Å². The van der Waals surface area contributed by atoms with Crippen molar-refractivity contribution in [3.8, 4) is 0 Å². The Bertz CT molecular complexity index is 527. The molecule has 0 radical (unpaired) electrons. The van der Waals surface area contributed by atoms with Gasteiger partial charge in [0.15, 0.2) is 0 Å². The van der Waals surface area contributed by atoms with Gasteiger partial charge in [-0.3, -0.25) is 0 Å². The van der Waals surface area contributed by atoms with Gasteiger partial charge in [-0.2, -0.15) is 4.98 Å². The quantitative estimate of drug-likeness (QED) is 0.751. The lowest BCUT2D eigenvalue weighted by Crippen LogP contribution is -2.17. The summed E-state index contributed by atoms with van der Waals surface area (Å²) in [6.07, 6.45) is -0.415. The van der Waals surface area contributed by atoms with E-state index < -0.39 is 6.10 Å². The van der Waals surface area contributed by atoms with Crippen molar-refractivity contribution in [1.82, 2.24) is 9.97 Å². The minimum absolute atomic E-state index is 0.415. The number of para-hydroxylation sites is 1. The Hall–Kier alpha value is -1.88. The van der Waals surface area contributed by atoms with Crippen LogP contribution in [0.3, 0.4) is 0 Å². The molecule has 5 heteroatoms. The summed E-state index contributed by atoms with van der Waals surface area (Å²) in [7, 11) is 0. The Kier molecular flexibility index (Phi) is 3.94. The van der Waals surface area contributed by atoms with Gasteiger partial charge >= 0.3 is 0 Å². The molecule has 1 aromatic heterocycles. The van der Waals surface area contributed by atoms with Gasteiger partial charge in [-0.05, 0) is 26.0 Å². The number of hydrogen-bond donors (Lipinski definition) is 3. The maximum absolute atomic E-state index is 9.34. The maximum atomic E-state index is 9.34. The highest BCUT2D eigenvalue weighted by Crippen LogP contribution is 2.21. The van der Waals surface area contributed by atoms with Crippen molar-refractivity contribution in [2.24, 2.45) is 0 Å². The summed E-state index contributed by atoms with van der Waals surface area (Å²) < 4.78 is 0. The SMILES string of the molecule is CCNc1nc(NCC(C)O)c2ccccc2n1. The summed E-state index contributed by atoms with van der Waals surface area (Å²) in [4.78, 5) is 8.85. The molecule has 0 saturated carbocycles. The average molecular weight is 246 g/mol. The topological polar surface area (TPSA) is 70.1 Å². The second kappa shape index (κ2) is 5.64. The van der Waals surface area contributed by atoms with Crippen LogP contribution in [0.4, 0.5) is 11.8 Å². The predicted octanol–water partition coefficient (Wildman–Crippen LogP) is 1.85. The molecule has 1 atom stereocenters. The molecule has 1 heterocycles. The molecule has 2 aromatic rings. The van der Waals surface area contributed by atoms with Crippen LogP contribution in [0.15, 0.2) is 24.3 Å². The number of nitrogens with zero attached hydrogens (tertiary/aromatic N) is 2. The van der Waals surface area contributed by atoms with Crippen molar-refractivity contribution in [3.05, 3.63) is 24.3 Å². The molecule has 0 bridgehead atoms. The molecule has 0 fully saturated rings. The highest BCUT2D eigenvalue weighted by molar-refractivity contribution is 5.89. The Morgan fingerprint density at radius 2 is 2.00 bits per heavy atom. The molecule has 1 aromatic carbocycles. The third-order valence-electron chi connectivity index (χ3n) is 2.50. The van der Waals surface area contributed by atoms with Gasteiger partial charge < -0.3 is 15.7 Å². The zero-order valence-corrected chi connectivity index (χ0v) is 10.6. The summed E-state index contributed by atoms with van der Waals surface area (Å²) in [5.41, 5.74) is 0.886. The van der Waals surface area contributed by atoms with Crippen LogP contribution in [0, 0.1) is 0 Å². The molecule has 1 unspecified atom stereocenters. The lowest BCUT2D eigenvalue weighted by atomic mass is 10.2. The second-order valence-electron chi connectivity index (χ2n) is 4.17. The van der Waals surface area contributed by atoms with E-state index in [1.165, 1.54) is 0 Å². The van der Waals surface area contributed by atoms with Gasteiger partial charge in [-0.1, -0.05) is 12.1 Å². The maximum Gasteiger partial charge on any atom is 0.225 e. The molecule has 18 heavy (non-hydrogen) atoms. The fourth-order valence-corrected chi connectivity index (χ4v) is 1.69. The number of nitrogens with one attached hydrogen (secondary N) is 2. The van der Waals surface area contributed by atoms with Crippen molar-refractivity contribution in [3.63, 3.8) is 0 Å². The van der Waals surface area contributed by atoms with E-state index in [1.54, 1.807) is 6.92 Å². The molecule has 0 aliphatic heterocycles. The van der Waals surface area contributed by atoms with Crippen LogP contribution in [0.1, 0.15) is 13.8 Å². The molecule has 5 nitrogen and oxygen atoms in total. The molecular formula is C13H18N4O. The van der Waals surface area contributed by atoms with Crippen molar-refractivity contribution >= 4 is 22.7 Å². The van der Waals surface area contributed by atoms with E-state index in [4.69, 9.17) is 0 Å². The second-order valence-corrected chi connectivity index (χ2v) is 4.17. The zero-order chi connectivity index (χ0) is 13.0. The van der Waals surface area contributed by atoms with Crippen LogP contribution in [-0.4, -0.2) is 34.3 Å². The predicted molar refractivity (Wildman–Crippen MR) is 73.9 cm³/mol. The first kappa shape index (κ1) is 12.6. The van der Waals surface area contributed by atoms with Crippen LogP contribution < -0.4 is 10.6 Å².